The molecular formula is C15H15F2N7O. The van der Waals surface area contributed by atoms with E-state index in [1.54, 1.807) is 0 Å². The molecule has 25 heavy (non-hydrogen) atoms. The van der Waals surface area contributed by atoms with Crippen LogP contribution in [0.2, 0.25) is 0 Å². The third-order valence-electron chi connectivity index (χ3n) is 3.40. The average molecular weight is 347 g/mol. The molecule has 3 aromatic rings. The summed E-state index contributed by atoms with van der Waals surface area (Å²) in [7, 11) is 0. The van der Waals surface area contributed by atoms with Crippen molar-refractivity contribution in [2.75, 3.05) is 5.32 Å². The number of benzene rings is 1. The molecule has 3 rings (SSSR count). The maximum atomic E-state index is 14.2. The van der Waals surface area contributed by atoms with Crippen LogP contribution in [0.1, 0.15) is 31.1 Å². The third-order valence-corrected chi connectivity index (χ3v) is 3.40. The Morgan fingerprint density at radius 3 is 2.64 bits per heavy atom. The number of H-pyrrole nitrogens is 1. The van der Waals surface area contributed by atoms with Crippen molar-refractivity contribution in [1.29, 1.82) is 0 Å². The predicted octanol–water partition coefficient (Wildman–Crippen LogP) is 2.35. The molecule has 130 valence electrons. The molecule has 10 heteroatoms. The van der Waals surface area contributed by atoms with E-state index < -0.39 is 23.1 Å². The highest BCUT2D eigenvalue weighted by Gasteiger charge is 2.25. The molecule has 0 bridgehead atoms. The zero-order chi connectivity index (χ0) is 18.2. The molecule has 0 spiro atoms. The minimum Gasteiger partial charge on any atom is -0.288 e. The zero-order valence-electron chi connectivity index (χ0n) is 13.7. The van der Waals surface area contributed by atoms with Gasteiger partial charge in [0.15, 0.2) is 0 Å². The second-order valence-corrected chi connectivity index (χ2v) is 6.32. The van der Waals surface area contributed by atoms with Gasteiger partial charge in [0.25, 0.3) is 11.9 Å². The lowest BCUT2D eigenvalue weighted by molar-refractivity contribution is 0.102. The van der Waals surface area contributed by atoms with E-state index in [1.165, 1.54) is 16.9 Å². The highest BCUT2D eigenvalue weighted by molar-refractivity contribution is 6.07. The first-order chi connectivity index (χ1) is 11.8. The fourth-order valence-electron chi connectivity index (χ4n) is 2.15. The van der Waals surface area contributed by atoms with Crippen molar-refractivity contribution in [1.82, 2.24) is 30.4 Å². The van der Waals surface area contributed by atoms with Crippen LogP contribution < -0.4 is 5.32 Å². The lowest BCUT2D eigenvalue weighted by Crippen LogP contribution is -2.22. The van der Waals surface area contributed by atoms with Crippen molar-refractivity contribution in [3.63, 3.8) is 0 Å². The normalized spacial score (nSPS) is 11.6. The number of nitrogens with zero attached hydrogens (tertiary/aromatic N) is 5. The lowest BCUT2D eigenvalue weighted by atomic mass is 10.1. The summed E-state index contributed by atoms with van der Waals surface area (Å²) in [6.45, 7) is 5.64. The number of hydrogen-bond donors (Lipinski definition) is 2. The topological polar surface area (TPSA) is 101 Å². The van der Waals surface area contributed by atoms with Crippen molar-refractivity contribution in [2.24, 2.45) is 0 Å². The van der Waals surface area contributed by atoms with Gasteiger partial charge in [-0.3, -0.25) is 14.8 Å². The van der Waals surface area contributed by atoms with Gasteiger partial charge in [0.1, 0.15) is 17.3 Å². The molecule has 0 saturated carbocycles. The standard InChI is InChI=1S/C15H15F2N7O/c1-15(2,3)24-7-10(13(25)18-14-19-22-23-20-14)12(21-24)9-5-4-8(16)6-11(9)17/h4-7H,1-3H3,(H2,18,19,20,22,23,25). The Hall–Kier alpha value is -3.17. The summed E-state index contributed by atoms with van der Waals surface area (Å²) in [5.41, 5.74) is -0.239. The predicted molar refractivity (Wildman–Crippen MR) is 84.7 cm³/mol. The molecule has 0 atom stereocenters. The summed E-state index contributed by atoms with van der Waals surface area (Å²) in [4.78, 5) is 12.5. The molecule has 0 fully saturated rings. The first kappa shape index (κ1) is 16.7. The van der Waals surface area contributed by atoms with Crippen molar-refractivity contribution in [2.45, 2.75) is 26.3 Å². The highest BCUT2D eigenvalue weighted by atomic mass is 19.1. The van der Waals surface area contributed by atoms with Crippen LogP contribution in [0.25, 0.3) is 11.3 Å². The van der Waals surface area contributed by atoms with Crippen LogP contribution in [0.3, 0.4) is 0 Å². The molecule has 0 radical (unpaired) electrons. The Morgan fingerprint density at radius 2 is 2.04 bits per heavy atom. The van der Waals surface area contributed by atoms with Gasteiger partial charge in [-0.2, -0.15) is 10.3 Å². The van der Waals surface area contributed by atoms with Gasteiger partial charge in [-0.05, 0) is 38.1 Å². The van der Waals surface area contributed by atoms with Crippen molar-refractivity contribution in [3.8, 4) is 11.3 Å². The van der Waals surface area contributed by atoms with Crippen LogP contribution >= 0.6 is 0 Å². The van der Waals surface area contributed by atoms with Gasteiger partial charge in [-0.1, -0.05) is 5.10 Å². The minimum atomic E-state index is -0.812. The summed E-state index contributed by atoms with van der Waals surface area (Å²) in [6, 6.07) is 3.09. The molecule has 0 aliphatic rings. The monoisotopic (exact) mass is 347 g/mol. The molecule has 8 nitrogen and oxygen atoms in total. The SMILES string of the molecule is CC(C)(C)n1cc(C(=O)Nc2nn[nH]n2)c(-c2ccc(F)cc2F)n1. The number of nitrogens with one attached hydrogen (secondary N) is 2. The van der Waals surface area contributed by atoms with E-state index in [0.717, 1.165) is 12.1 Å². The fourth-order valence-corrected chi connectivity index (χ4v) is 2.15. The van der Waals surface area contributed by atoms with Crippen LogP contribution in [0.15, 0.2) is 24.4 Å². The van der Waals surface area contributed by atoms with Crippen LogP contribution in [0, 0.1) is 11.6 Å². The van der Waals surface area contributed by atoms with Gasteiger partial charge >= 0.3 is 0 Å². The number of aromatic nitrogens is 6. The molecule has 1 amide bonds. The number of carbonyl (C=O) groups is 1. The van der Waals surface area contributed by atoms with Crippen LogP contribution in [-0.4, -0.2) is 36.3 Å². The Kier molecular flexibility index (Phi) is 4.03. The van der Waals surface area contributed by atoms with Gasteiger partial charge in [0.05, 0.1) is 11.1 Å². The van der Waals surface area contributed by atoms with Crippen LogP contribution in [0.4, 0.5) is 14.7 Å². The third kappa shape index (κ3) is 3.37. The van der Waals surface area contributed by atoms with Gasteiger partial charge in [0, 0.05) is 17.8 Å². The van der Waals surface area contributed by atoms with Gasteiger partial charge in [0.2, 0.25) is 0 Å². The fraction of sp³-hybridized carbons (Fsp3) is 0.267. The summed E-state index contributed by atoms with van der Waals surface area (Å²) in [5.74, 6) is -2.14. The smallest absolute Gasteiger partial charge is 0.270 e. The Bertz CT molecular complexity index is 913. The van der Waals surface area contributed by atoms with Crippen molar-refractivity contribution < 1.29 is 13.6 Å². The van der Waals surface area contributed by atoms with E-state index in [0.29, 0.717) is 0 Å². The summed E-state index contributed by atoms with van der Waals surface area (Å²) in [5, 5.41) is 19.6. The number of halogens is 2. The maximum absolute atomic E-state index is 14.2. The van der Waals surface area contributed by atoms with Crippen molar-refractivity contribution in [3.05, 3.63) is 41.6 Å². The highest BCUT2D eigenvalue weighted by Crippen LogP contribution is 2.28. The average Bonchev–Trinajstić information content (AvgIpc) is 3.15. The van der Waals surface area contributed by atoms with Gasteiger partial charge < -0.3 is 0 Å². The Balaban J connectivity index is 2.09. The molecule has 1 aromatic carbocycles. The summed E-state index contributed by atoms with van der Waals surface area (Å²) >= 11 is 0. The maximum Gasteiger partial charge on any atom is 0.270 e. The molecular weight excluding hydrogens is 332 g/mol. The Morgan fingerprint density at radius 1 is 1.28 bits per heavy atom. The molecule has 0 aliphatic heterocycles. The second-order valence-electron chi connectivity index (χ2n) is 6.32. The number of aromatic amines is 1. The van der Waals surface area contributed by atoms with E-state index in [1.807, 2.05) is 20.8 Å². The molecule has 2 aromatic heterocycles. The number of amides is 1. The van der Waals surface area contributed by atoms with Crippen LogP contribution in [-0.2, 0) is 5.54 Å². The number of rotatable bonds is 3. The van der Waals surface area contributed by atoms with Gasteiger partial charge in [-0.15, -0.1) is 5.10 Å². The zero-order valence-corrected chi connectivity index (χ0v) is 13.7. The molecule has 0 aliphatic carbocycles. The Labute approximate surface area is 141 Å². The van der Waals surface area contributed by atoms with Crippen LogP contribution in [0.5, 0.6) is 0 Å². The quantitative estimate of drug-likeness (QED) is 0.757. The molecule has 0 unspecified atom stereocenters. The number of anilines is 1. The van der Waals surface area contributed by atoms with Gasteiger partial charge in [-0.25, -0.2) is 8.78 Å². The van der Waals surface area contributed by atoms with E-state index in [9.17, 15) is 13.6 Å². The van der Waals surface area contributed by atoms with E-state index in [-0.39, 0.29) is 22.8 Å². The molecule has 2 N–H and O–H groups in total. The number of tetrazole rings is 1. The number of carbonyl (C=O) groups excluding carboxylic acids is 1. The molecule has 0 saturated heterocycles. The first-order valence-electron chi connectivity index (χ1n) is 7.36. The first-order valence-corrected chi connectivity index (χ1v) is 7.36. The second kappa shape index (κ2) is 6.04. The summed E-state index contributed by atoms with van der Waals surface area (Å²) < 4.78 is 28.9. The van der Waals surface area contributed by atoms with E-state index >= 15 is 0 Å². The van der Waals surface area contributed by atoms with E-state index in [2.05, 4.69) is 31.0 Å². The van der Waals surface area contributed by atoms with Crippen molar-refractivity contribution >= 4 is 11.9 Å². The molecule has 2 heterocycles. The largest absolute Gasteiger partial charge is 0.288 e. The minimum absolute atomic E-state index is 0.0164. The summed E-state index contributed by atoms with van der Waals surface area (Å²) in [6.07, 6.45) is 1.49. The lowest BCUT2D eigenvalue weighted by Gasteiger charge is -2.18. The number of hydrogen-bond acceptors (Lipinski definition) is 5. The van der Waals surface area contributed by atoms with E-state index in [4.69, 9.17) is 0 Å².